The molecule has 0 aliphatic heterocycles. The first-order valence-electron chi connectivity index (χ1n) is 5.76. The summed E-state index contributed by atoms with van der Waals surface area (Å²) in [6, 6.07) is 0.336. The monoisotopic (exact) mass is 243 g/mol. The molecule has 1 N–H and O–H groups in total. The highest BCUT2D eigenvalue weighted by atomic mass is 32.1. The van der Waals surface area contributed by atoms with E-state index < -0.39 is 0 Å². The first-order chi connectivity index (χ1) is 7.67. The van der Waals surface area contributed by atoms with Crippen molar-refractivity contribution < 1.29 is 4.74 Å². The van der Waals surface area contributed by atoms with Crippen LogP contribution in [0.1, 0.15) is 45.4 Å². The summed E-state index contributed by atoms with van der Waals surface area (Å²) in [5, 5.41) is 4.28. The normalized spacial score (nSPS) is 13.1. The Hall–Kier alpha value is -0.680. The maximum Gasteiger partial charge on any atom is 0.202 e. The molecular formula is C11H21N3OS. The lowest BCUT2D eigenvalue weighted by molar-refractivity contribution is 0.182. The van der Waals surface area contributed by atoms with Crippen LogP contribution in [-0.4, -0.2) is 29.1 Å². The molecule has 92 valence electrons. The van der Waals surface area contributed by atoms with E-state index in [0.717, 1.165) is 23.8 Å². The molecule has 0 aliphatic rings. The number of nitrogens with zero attached hydrogens (tertiary/aromatic N) is 2. The Morgan fingerprint density at radius 1 is 1.44 bits per heavy atom. The van der Waals surface area contributed by atoms with E-state index in [0.29, 0.717) is 18.6 Å². The van der Waals surface area contributed by atoms with Gasteiger partial charge in [-0.25, -0.2) is 4.98 Å². The molecule has 1 heterocycles. The number of ether oxygens (including phenoxy) is 1. The van der Waals surface area contributed by atoms with Crippen LogP contribution in [0, 0.1) is 0 Å². The van der Waals surface area contributed by atoms with Crippen molar-refractivity contribution in [2.24, 2.45) is 0 Å². The average molecular weight is 243 g/mol. The third kappa shape index (κ3) is 4.06. The lowest BCUT2D eigenvalue weighted by Gasteiger charge is -2.15. The van der Waals surface area contributed by atoms with Crippen LogP contribution in [0.15, 0.2) is 0 Å². The molecule has 0 spiro atoms. The van der Waals surface area contributed by atoms with Gasteiger partial charge in [-0.1, -0.05) is 27.2 Å². The average Bonchev–Trinajstić information content (AvgIpc) is 2.67. The van der Waals surface area contributed by atoms with Crippen molar-refractivity contribution in [1.82, 2.24) is 9.36 Å². The Morgan fingerprint density at radius 3 is 2.69 bits per heavy atom. The van der Waals surface area contributed by atoms with Gasteiger partial charge >= 0.3 is 0 Å². The zero-order valence-electron chi connectivity index (χ0n) is 10.5. The van der Waals surface area contributed by atoms with Gasteiger partial charge in [0.25, 0.3) is 0 Å². The maximum atomic E-state index is 5.18. The molecule has 1 unspecified atom stereocenters. The summed E-state index contributed by atoms with van der Waals surface area (Å²) >= 11 is 1.43. The molecule has 0 amide bonds. The Bertz CT molecular complexity index is 295. The second-order valence-electron chi connectivity index (χ2n) is 4.20. The van der Waals surface area contributed by atoms with Crippen LogP contribution in [0.25, 0.3) is 0 Å². The fraction of sp³-hybridized carbons (Fsp3) is 0.818. The molecule has 0 radical (unpaired) electrons. The number of rotatable bonds is 7. The van der Waals surface area contributed by atoms with Gasteiger partial charge in [-0.15, -0.1) is 0 Å². The van der Waals surface area contributed by atoms with E-state index in [2.05, 4.69) is 35.4 Å². The number of methoxy groups -OCH3 is 1. The fourth-order valence-corrected chi connectivity index (χ4v) is 2.23. The highest BCUT2D eigenvalue weighted by molar-refractivity contribution is 7.09. The molecule has 0 aromatic carbocycles. The molecule has 1 aromatic rings. The van der Waals surface area contributed by atoms with Gasteiger partial charge in [0.15, 0.2) is 0 Å². The number of anilines is 1. The molecule has 0 saturated heterocycles. The minimum Gasteiger partial charge on any atom is -0.383 e. The second-order valence-corrected chi connectivity index (χ2v) is 4.95. The molecule has 1 atom stereocenters. The third-order valence-electron chi connectivity index (χ3n) is 2.29. The van der Waals surface area contributed by atoms with Gasteiger partial charge in [-0.2, -0.15) is 4.37 Å². The maximum absolute atomic E-state index is 5.18. The van der Waals surface area contributed by atoms with Gasteiger partial charge in [-0.05, 0) is 6.42 Å². The predicted octanol–water partition coefficient (Wildman–Crippen LogP) is 2.89. The smallest absolute Gasteiger partial charge is 0.202 e. The van der Waals surface area contributed by atoms with Gasteiger partial charge in [0.1, 0.15) is 5.82 Å². The van der Waals surface area contributed by atoms with E-state index in [1.54, 1.807) is 7.11 Å². The van der Waals surface area contributed by atoms with Gasteiger partial charge in [0, 0.05) is 24.6 Å². The van der Waals surface area contributed by atoms with Crippen LogP contribution < -0.4 is 5.32 Å². The molecule has 4 nitrogen and oxygen atoms in total. The lowest BCUT2D eigenvalue weighted by atomic mass is 10.2. The molecule has 0 aliphatic carbocycles. The quantitative estimate of drug-likeness (QED) is 0.800. The summed E-state index contributed by atoms with van der Waals surface area (Å²) in [4.78, 5) is 4.45. The van der Waals surface area contributed by atoms with Crippen LogP contribution in [-0.2, 0) is 4.74 Å². The van der Waals surface area contributed by atoms with Crippen molar-refractivity contribution in [2.45, 2.75) is 45.6 Å². The van der Waals surface area contributed by atoms with E-state index in [-0.39, 0.29) is 0 Å². The Labute approximate surface area is 102 Å². The fourth-order valence-electron chi connectivity index (χ4n) is 1.45. The van der Waals surface area contributed by atoms with Crippen LogP contribution >= 0.6 is 11.5 Å². The zero-order valence-corrected chi connectivity index (χ0v) is 11.3. The molecule has 1 aromatic heterocycles. The highest BCUT2D eigenvalue weighted by Crippen LogP contribution is 2.18. The Balaban J connectivity index is 2.55. The first kappa shape index (κ1) is 13.4. The van der Waals surface area contributed by atoms with E-state index >= 15 is 0 Å². The van der Waals surface area contributed by atoms with Crippen molar-refractivity contribution in [1.29, 1.82) is 0 Å². The van der Waals surface area contributed by atoms with Crippen molar-refractivity contribution in [3.63, 3.8) is 0 Å². The number of aromatic nitrogens is 2. The van der Waals surface area contributed by atoms with Gasteiger partial charge in [0.2, 0.25) is 5.13 Å². The summed E-state index contributed by atoms with van der Waals surface area (Å²) in [6.45, 7) is 7.09. The Kier molecular flexibility index (Phi) is 5.69. The minimum absolute atomic E-state index is 0.336. The second kappa shape index (κ2) is 6.81. The molecule has 0 saturated carbocycles. The SMILES string of the molecule is CCCC(COC)Nc1nc(C(C)C)ns1. The van der Waals surface area contributed by atoms with E-state index in [4.69, 9.17) is 4.74 Å². The third-order valence-corrected chi connectivity index (χ3v) is 2.95. The van der Waals surface area contributed by atoms with E-state index in [1.807, 2.05) is 0 Å². The number of nitrogens with one attached hydrogen (secondary N) is 1. The summed E-state index contributed by atoms with van der Waals surface area (Å²) in [7, 11) is 1.73. The van der Waals surface area contributed by atoms with Crippen LogP contribution in [0.2, 0.25) is 0 Å². The topological polar surface area (TPSA) is 47.0 Å². The molecular weight excluding hydrogens is 222 g/mol. The summed E-state index contributed by atoms with van der Waals surface area (Å²) in [6.07, 6.45) is 2.22. The van der Waals surface area contributed by atoms with Crippen molar-refractivity contribution >= 4 is 16.7 Å². The van der Waals surface area contributed by atoms with Crippen LogP contribution in [0.4, 0.5) is 5.13 Å². The van der Waals surface area contributed by atoms with Crippen LogP contribution in [0.3, 0.4) is 0 Å². The van der Waals surface area contributed by atoms with Crippen molar-refractivity contribution in [2.75, 3.05) is 19.0 Å². The number of hydrogen-bond donors (Lipinski definition) is 1. The van der Waals surface area contributed by atoms with Gasteiger partial charge in [0.05, 0.1) is 12.6 Å². The highest BCUT2D eigenvalue weighted by Gasteiger charge is 2.12. The summed E-state index contributed by atoms with van der Waals surface area (Å²) in [5.41, 5.74) is 0. The van der Waals surface area contributed by atoms with Gasteiger partial charge in [-0.3, -0.25) is 0 Å². The molecule has 5 heteroatoms. The predicted molar refractivity (Wildman–Crippen MR) is 68.2 cm³/mol. The largest absolute Gasteiger partial charge is 0.383 e. The standard InChI is InChI=1S/C11H21N3OS/c1-5-6-9(7-15-4)12-11-13-10(8(2)3)14-16-11/h8-9H,5-7H2,1-4H3,(H,12,13,14). The van der Waals surface area contributed by atoms with E-state index in [9.17, 15) is 0 Å². The number of hydrogen-bond acceptors (Lipinski definition) is 5. The molecule has 16 heavy (non-hydrogen) atoms. The Morgan fingerprint density at radius 2 is 2.19 bits per heavy atom. The lowest BCUT2D eigenvalue weighted by Crippen LogP contribution is -2.24. The summed E-state index contributed by atoms with van der Waals surface area (Å²) < 4.78 is 9.49. The van der Waals surface area contributed by atoms with Crippen molar-refractivity contribution in [3.8, 4) is 0 Å². The van der Waals surface area contributed by atoms with E-state index in [1.165, 1.54) is 11.5 Å². The molecule has 0 bridgehead atoms. The first-order valence-corrected chi connectivity index (χ1v) is 6.53. The van der Waals surface area contributed by atoms with Crippen LogP contribution in [0.5, 0.6) is 0 Å². The zero-order chi connectivity index (χ0) is 12.0. The molecule has 0 fully saturated rings. The van der Waals surface area contributed by atoms with Gasteiger partial charge < -0.3 is 10.1 Å². The minimum atomic E-state index is 0.336. The summed E-state index contributed by atoms with van der Waals surface area (Å²) in [5.74, 6) is 1.30. The van der Waals surface area contributed by atoms with Crippen molar-refractivity contribution in [3.05, 3.63) is 5.82 Å². The molecule has 1 rings (SSSR count).